The molecule has 2 aliphatic heterocycles. The number of hydrogen-bond acceptors (Lipinski definition) is 6. The van der Waals surface area contributed by atoms with Crippen LogP contribution < -0.4 is 10.3 Å². The van der Waals surface area contributed by atoms with Crippen molar-refractivity contribution in [3.05, 3.63) is 24.4 Å². The molecule has 5 unspecified atom stereocenters. The van der Waals surface area contributed by atoms with Crippen molar-refractivity contribution in [2.75, 3.05) is 4.90 Å². The molecule has 5 atom stereocenters. The summed E-state index contributed by atoms with van der Waals surface area (Å²) >= 11 is 0. The highest BCUT2D eigenvalue weighted by Crippen LogP contribution is 2.48. The van der Waals surface area contributed by atoms with E-state index in [1.807, 2.05) is 23.4 Å². The standard InChI is InChI=1S/C17H22N8/c1-10-6-12(10)14-7-19-22-25(14)17-21-20-16-11-4-2-3-5-13(11)23-9-18-8-15(23)24(16)17/h7-13,16,20H,2-6H2,1H3. The number of nitrogens with one attached hydrogen (secondary N) is 1. The van der Waals surface area contributed by atoms with E-state index in [1.165, 1.54) is 37.8 Å². The number of aromatic nitrogens is 5. The van der Waals surface area contributed by atoms with Gasteiger partial charge in [0, 0.05) is 17.9 Å². The predicted molar refractivity (Wildman–Crippen MR) is 92.0 cm³/mol. The second-order valence-electron chi connectivity index (χ2n) is 7.92. The SMILES string of the molecule is CC1CC1c1cnnn1C1=NNC2C3CCCCC3n3cncc3N12. The Morgan fingerprint density at radius 3 is 2.96 bits per heavy atom. The Morgan fingerprint density at radius 2 is 2.08 bits per heavy atom. The Morgan fingerprint density at radius 1 is 1.20 bits per heavy atom. The van der Waals surface area contributed by atoms with Crippen LogP contribution >= 0.6 is 0 Å². The first kappa shape index (κ1) is 13.9. The molecule has 130 valence electrons. The van der Waals surface area contributed by atoms with Crippen molar-refractivity contribution in [3.63, 3.8) is 0 Å². The molecular weight excluding hydrogens is 316 g/mol. The predicted octanol–water partition coefficient (Wildman–Crippen LogP) is 1.90. The summed E-state index contributed by atoms with van der Waals surface area (Å²) < 4.78 is 4.28. The van der Waals surface area contributed by atoms with E-state index in [4.69, 9.17) is 5.10 Å². The second kappa shape index (κ2) is 4.83. The van der Waals surface area contributed by atoms with Gasteiger partial charge < -0.3 is 4.57 Å². The first-order chi connectivity index (χ1) is 12.3. The molecule has 6 rings (SSSR count). The Bertz CT molecular complexity index is 850. The number of anilines is 1. The van der Waals surface area contributed by atoms with Crippen LogP contribution in [-0.4, -0.2) is 36.7 Å². The molecule has 1 N–H and O–H groups in total. The van der Waals surface area contributed by atoms with Gasteiger partial charge in [-0.2, -0.15) is 4.68 Å². The summed E-state index contributed by atoms with van der Waals surface area (Å²) in [6, 6.07) is 0.522. The van der Waals surface area contributed by atoms with E-state index in [-0.39, 0.29) is 6.17 Å². The van der Waals surface area contributed by atoms with Gasteiger partial charge >= 0.3 is 0 Å². The smallest absolute Gasteiger partial charge is 0.252 e. The van der Waals surface area contributed by atoms with Gasteiger partial charge in [0.05, 0.1) is 24.4 Å². The molecule has 25 heavy (non-hydrogen) atoms. The zero-order valence-corrected chi connectivity index (χ0v) is 14.3. The van der Waals surface area contributed by atoms with Gasteiger partial charge in [-0.1, -0.05) is 25.0 Å². The lowest BCUT2D eigenvalue weighted by molar-refractivity contribution is 0.175. The quantitative estimate of drug-likeness (QED) is 0.859. The average Bonchev–Trinajstić information content (AvgIpc) is 3.12. The lowest BCUT2D eigenvalue weighted by atomic mass is 9.80. The average molecular weight is 338 g/mol. The van der Waals surface area contributed by atoms with Gasteiger partial charge in [0.25, 0.3) is 5.96 Å². The molecule has 4 heterocycles. The zero-order chi connectivity index (χ0) is 16.5. The fourth-order valence-corrected chi connectivity index (χ4v) is 5.02. The zero-order valence-electron chi connectivity index (χ0n) is 14.3. The Kier molecular flexibility index (Phi) is 2.68. The molecule has 2 aromatic rings. The molecule has 8 nitrogen and oxygen atoms in total. The van der Waals surface area contributed by atoms with Crippen LogP contribution in [0.1, 0.15) is 56.7 Å². The highest BCUT2D eigenvalue weighted by atomic mass is 15.6. The molecule has 0 amide bonds. The molecular formula is C17H22N8. The van der Waals surface area contributed by atoms with Crippen LogP contribution in [0.3, 0.4) is 0 Å². The highest BCUT2D eigenvalue weighted by molar-refractivity contribution is 5.98. The van der Waals surface area contributed by atoms with Crippen LogP contribution in [0.2, 0.25) is 0 Å². The number of hydrazone groups is 1. The fourth-order valence-electron chi connectivity index (χ4n) is 5.02. The summed E-state index contributed by atoms with van der Waals surface area (Å²) in [6.07, 6.45) is 12.3. The summed E-state index contributed by atoms with van der Waals surface area (Å²) in [5, 5.41) is 13.3. The summed E-state index contributed by atoms with van der Waals surface area (Å²) in [5.74, 6) is 3.75. The van der Waals surface area contributed by atoms with Crippen LogP contribution in [0.5, 0.6) is 0 Å². The van der Waals surface area contributed by atoms with Crippen LogP contribution in [0.4, 0.5) is 5.82 Å². The highest BCUT2D eigenvalue weighted by Gasteiger charge is 2.48. The fraction of sp³-hybridized carbons (Fsp3) is 0.647. The topological polar surface area (TPSA) is 76.2 Å². The van der Waals surface area contributed by atoms with Crippen LogP contribution in [0.15, 0.2) is 23.8 Å². The van der Waals surface area contributed by atoms with Crippen molar-refractivity contribution in [1.82, 2.24) is 30.0 Å². The van der Waals surface area contributed by atoms with Crippen molar-refractivity contribution in [2.24, 2.45) is 16.9 Å². The molecule has 2 saturated carbocycles. The van der Waals surface area contributed by atoms with E-state index in [1.54, 1.807) is 0 Å². The van der Waals surface area contributed by atoms with Gasteiger partial charge in [-0.15, -0.1) is 10.2 Å². The summed E-state index contributed by atoms with van der Waals surface area (Å²) in [4.78, 5) is 6.73. The molecule has 8 heteroatoms. The third-order valence-electron chi connectivity index (χ3n) is 6.48. The number of nitrogens with zero attached hydrogens (tertiary/aromatic N) is 7. The van der Waals surface area contributed by atoms with Gasteiger partial charge in [0.2, 0.25) is 0 Å². The molecule has 0 spiro atoms. The number of imidazole rings is 1. The van der Waals surface area contributed by atoms with Crippen molar-refractivity contribution in [3.8, 4) is 0 Å². The van der Waals surface area contributed by atoms with Gasteiger partial charge in [0.1, 0.15) is 12.0 Å². The summed E-state index contributed by atoms with van der Waals surface area (Å²) in [5.41, 5.74) is 4.58. The summed E-state index contributed by atoms with van der Waals surface area (Å²) in [7, 11) is 0. The first-order valence-corrected chi connectivity index (χ1v) is 9.38. The maximum absolute atomic E-state index is 4.70. The largest absolute Gasteiger partial charge is 0.314 e. The summed E-state index contributed by atoms with van der Waals surface area (Å²) in [6.45, 7) is 2.28. The second-order valence-corrected chi connectivity index (χ2v) is 7.92. The Balaban J connectivity index is 1.44. The lowest BCUT2D eigenvalue weighted by Gasteiger charge is -2.45. The Labute approximate surface area is 145 Å². The Hall–Kier alpha value is -2.38. The first-order valence-electron chi connectivity index (χ1n) is 9.38. The lowest BCUT2D eigenvalue weighted by Crippen LogP contribution is -2.54. The van der Waals surface area contributed by atoms with E-state index in [2.05, 4.69) is 37.1 Å². The molecule has 2 aromatic heterocycles. The van der Waals surface area contributed by atoms with Crippen molar-refractivity contribution >= 4 is 11.8 Å². The molecule has 2 aliphatic carbocycles. The van der Waals surface area contributed by atoms with Crippen LogP contribution in [0.25, 0.3) is 0 Å². The van der Waals surface area contributed by atoms with Crippen LogP contribution in [0, 0.1) is 11.8 Å². The minimum atomic E-state index is 0.193. The van der Waals surface area contributed by atoms with Gasteiger partial charge in [-0.05, 0) is 25.2 Å². The normalized spacial score (nSPS) is 35.5. The third kappa shape index (κ3) is 1.82. The molecule has 0 saturated heterocycles. The molecule has 0 bridgehead atoms. The van der Waals surface area contributed by atoms with E-state index < -0.39 is 0 Å². The minimum absolute atomic E-state index is 0.193. The molecule has 0 aromatic carbocycles. The monoisotopic (exact) mass is 338 g/mol. The van der Waals surface area contributed by atoms with Gasteiger partial charge in [-0.25, -0.2) is 4.98 Å². The van der Waals surface area contributed by atoms with Gasteiger partial charge in [-0.3, -0.25) is 10.3 Å². The van der Waals surface area contributed by atoms with E-state index in [0.717, 1.165) is 11.8 Å². The van der Waals surface area contributed by atoms with Crippen molar-refractivity contribution in [2.45, 2.75) is 57.2 Å². The van der Waals surface area contributed by atoms with Crippen LogP contribution in [-0.2, 0) is 0 Å². The minimum Gasteiger partial charge on any atom is -0.314 e. The maximum Gasteiger partial charge on any atom is 0.252 e. The van der Waals surface area contributed by atoms with E-state index in [0.29, 0.717) is 23.8 Å². The number of hydrogen-bond donors (Lipinski definition) is 1. The molecule has 0 radical (unpaired) electrons. The third-order valence-corrected chi connectivity index (χ3v) is 6.48. The molecule has 4 aliphatic rings. The van der Waals surface area contributed by atoms with Gasteiger partial charge in [0.15, 0.2) is 0 Å². The number of fused-ring (bicyclic) bond motifs is 6. The van der Waals surface area contributed by atoms with E-state index >= 15 is 0 Å². The maximum atomic E-state index is 4.70. The number of rotatable bonds is 1. The van der Waals surface area contributed by atoms with Crippen molar-refractivity contribution in [1.29, 1.82) is 0 Å². The molecule has 2 fully saturated rings. The van der Waals surface area contributed by atoms with E-state index in [9.17, 15) is 0 Å². The van der Waals surface area contributed by atoms with Crippen molar-refractivity contribution < 1.29 is 0 Å².